The van der Waals surface area contributed by atoms with Crippen molar-refractivity contribution in [2.75, 3.05) is 14.1 Å². The molecule has 2 amide bonds. The Morgan fingerprint density at radius 3 is 1.95 bits per heavy atom. The third-order valence-electron chi connectivity index (χ3n) is 6.74. The van der Waals surface area contributed by atoms with Crippen LogP contribution in [0.15, 0.2) is 73.1 Å². The number of aromatic amines is 1. The van der Waals surface area contributed by atoms with Crippen molar-refractivity contribution in [3.63, 3.8) is 0 Å². The number of H-pyrrole nitrogens is 1. The van der Waals surface area contributed by atoms with E-state index in [1.165, 1.54) is 4.57 Å². The van der Waals surface area contributed by atoms with Crippen molar-refractivity contribution >= 4 is 17.9 Å². The Kier molecular flexibility index (Phi) is 6.64. The van der Waals surface area contributed by atoms with Gasteiger partial charge in [-0.1, -0.05) is 36.4 Å². The van der Waals surface area contributed by atoms with Crippen LogP contribution in [0.25, 0.3) is 22.5 Å². The van der Waals surface area contributed by atoms with Crippen LogP contribution in [0.5, 0.6) is 0 Å². The second kappa shape index (κ2) is 9.94. The second-order valence-corrected chi connectivity index (χ2v) is 10.8. The van der Waals surface area contributed by atoms with Crippen LogP contribution < -0.4 is 0 Å². The third-order valence-corrected chi connectivity index (χ3v) is 6.74. The summed E-state index contributed by atoms with van der Waals surface area (Å²) in [5, 5.41) is 0. The normalized spacial score (nSPS) is 14.2. The third kappa shape index (κ3) is 4.97. The molecule has 4 heterocycles. The largest absolute Gasteiger partial charge is 0.443 e. The van der Waals surface area contributed by atoms with Gasteiger partial charge < -0.3 is 19.5 Å². The molecule has 2 aromatic carbocycles. The molecule has 4 aromatic rings. The van der Waals surface area contributed by atoms with E-state index < -0.39 is 11.7 Å². The molecule has 0 aliphatic carbocycles. The summed E-state index contributed by atoms with van der Waals surface area (Å²) in [7, 11) is 3.61. The molecule has 0 fully saturated rings. The van der Waals surface area contributed by atoms with Crippen molar-refractivity contribution in [2.45, 2.75) is 39.5 Å². The molecular formula is C31H32N4O4. The van der Waals surface area contributed by atoms with Crippen LogP contribution >= 0.6 is 0 Å². The predicted molar refractivity (Wildman–Crippen MR) is 149 cm³/mol. The molecule has 1 N–H and O–H groups in total. The Hall–Kier alpha value is -4.59. The number of aromatic nitrogens is 2. The number of amides is 2. The molecular weight excluding hydrogens is 492 g/mol. The van der Waals surface area contributed by atoms with Crippen LogP contribution in [0, 0.1) is 0 Å². The lowest BCUT2D eigenvalue weighted by atomic mass is 10.0. The highest BCUT2D eigenvalue weighted by atomic mass is 16.6. The number of nitrogens with zero attached hydrogens (tertiary/aromatic N) is 3. The zero-order valence-corrected chi connectivity index (χ0v) is 22.8. The summed E-state index contributed by atoms with van der Waals surface area (Å²) in [5.41, 5.74) is 6.44. The average molecular weight is 525 g/mol. The lowest BCUT2D eigenvalue weighted by molar-refractivity contribution is 0.0539. The molecule has 8 nitrogen and oxygen atoms in total. The molecule has 0 spiro atoms. The molecule has 8 heteroatoms. The number of benzene rings is 2. The van der Waals surface area contributed by atoms with E-state index >= 15 is 0 Å². The molecule has 0 saturated heterocycles. The van der Waals surface area contributed by atoms with Gasteiger partial charge in [-0.25, -0.2) is 4.79 Å². The highest BCUT2D eigenvalue weighted by Gasteiger charge is 2.30. The molecule has 2 aromatic heterocycles. The standard InChI is InChI=1S/C18H20N2O3.C13H12N2O/c1-18(2,3)23-17(22)20-10-6-9-14(20)13-8-5-7-12-11-19(4)16(21)15(12)13;1-15-8-9-4-2-5-10(12(9)13(15)16)11-6-3-7-14-11/h5-10H,11H2,1-4H3;2-7,14H,8H2,1H3. The fraction of sp³-hybridized carbons (Fsp3) is 0.258. The molecule has 200 valence electrons. The van der Waals surface area contributed by atoms with Gasteiger partial charge in [-0.3, -0.25) is 14.2 Å². The first-order valence-electron chi connectivity index (χ1n) is 12.8. The Labute approximate surface area is 227 Å². The molecule has 0 unspecified atom stereocenters. The monoisotopic (exact) mass is 524 g/mol. The molecule has 0 bridgehead atoms. The van der Waals surface area contributed by atoms with Crippen LogP contribution in [-0.4, -0.2) is 57.0 Å². The number of rotatable bonds is 2. The Morgan fingerprint density at radius 2 is 1.38 bits per heavy atom. The Bertz CT molecular complexity index is 1560. The van der Waals surface area contributed by atoms with Gasteiger partial charge in [0.05, 0.1) is 16.8 Å². The van der Waals surface area contributed by atoms with Crippen molar-refractivity contribution in [3.8, 4) is 22.5 Å². The summed E-state index contributed by atoms with van der Waals surface area (Å²) in [5.74, 6) is 0.0905. The van der Waals surface area contributed by atoms with Crippen molar-refractivity contribution in [1.29, 1.82) is 0 Å². The summed E-state index contributed by atoms with van der Waals surface area (Å²) in [6.07, 6.45) is 3.08. The van der Waals surface area contributed by atoms with Gasteiger partial charge in [0.25, 0.3) is 11.8 Å². The van der Waals surface area contributed by atoms with Crippen LogP contribution in [0.3, 0.4) is 0 Å². The fourth-order valence-electron chi connectivity index (χ4n) is 5.01. The topological polar surface area (TPSA) is 87.6 Å². The maximum absolute atomic E-state index is 12.4. The van der Waals surface area contributed by atoms with Crippen LogP contribution in [0.2, 0.25) is 0 Å². The average Bonchev–Trinajstić information content (AvgIpc) is 3.67. The van der Waals surface area contributed by atoms with E-state index in [9.17, 15) is 14.4 Å². The molecule has 0 saturated carbocycles. The van der Waals surface area contributed by atoms with E-state index in [-0.39, 0.29) is 11.8 Å². The van der Waals surface area contributed by atoms with Gasteiger partial charge in [-0.05, 0) is 56.2 Å². The maximum Gasteiger partial charge on any atom is 0.418 e. The highest BCUT2D eigenvalue weighted by molar-refractivity contribution is 6.05. The first-order chi connectivity index (χ1) is 18.5. The summed E-state index contributed by atoms with van der Waals surface area (Å²) >= 11 is 0. The van der Waals surface area contributed by atoms with Crippen molar-refractivity contribution in [2.24, 2.45) is 0 Å². The van der Waals surface area contributed by atoms with E-state index in [2.05, 4.69) is 4.98 Å². The van der Waals surface area contributed by atoms with Gasteiger partial charge in [-0.2, -0.15) is 0 Å². The number of carbonyl (C=O) groups excluding carboxylic acids is 3. The van der Waals surface area contributed by atoms with Gasteiger partial charge >= 0.3 is 6.09 Å². The quantitative estimate of drug-likeness (QED) is 0.360. The lowest BCUT2D eigenvalue weighted by Gasteiger charge is -2.20. The lowest BCUT2D eigenvalue weighted by Crippen LogP contribution is -2.27. The van der Waals surface area contributed by atoms with Gasteiger partial charge in [0.15, 0.2) is 0 Å². The zero-order valence-electron chi connectivity index (χ0n) is 22.8. The number of hydrogen-bond acceptors (Lipinski definition) is 4. The second-order valence-electron chi connectivity index (χ2n) is 10.8. The predicted octanol–water partition coefficient (Wildman–Crippen LogP) is 5.79. The first kappa shape index (κ1) is 26.0. The highest BCUT2D eigenvalue weighted by Crippen LogP contribution is 2.33. The molecule has 2 aliphatic heterocycles. The summed E-state index contributed by atoms with van der Waals surface area (Å²) in [6, 6.07) is 19.3. The van der Waals surface area contributed by atoms with E-state index in [0.29, 0.717) is 24.3 Å². The minimum absolute atomic E-state index is 0.0208. The van der Waals surface area contributed by atoms with Gasteiger partial charge in [0.1, 0.15) is 5.60 Å². The molecule has 6 rings (SSSR count). The fourth-order valence-corrected chi connectivity index (χ4v) is 5.01. The van der Waals surface area contributed by atoms with E-state index in [1.54, 1.807) is 29.1 Å². The number of fused-ring (bicyclic) bond motifs is 2. The number of ether oxygens (including phenoxy) is 1. The van der Waals surface area contributed by atoms with E-state index in [4.69, 9.17) is 4.74 Å². The van der Waals surface area contributed by atoms with Crippen LogP contribution in [0.4, 0.5) is 4.79 Å². The maximum atomic E-state index is 12.4. The van der Waals surface area contributed by atoms with Crippen molar-refractivity contribution in [1.82, 2.24) is 19.4 Å². The number of hydrogen-bond donors (Lipinski definition) is 1. The van der Waals surface area contributed by atoms with Gasteiger partial charge in [0, 0.05) is 56.4 Å². The van der Waals surface area contributed by atoms with Gasteiger partial charge in [-0.15, -0.1) is 0 Å². The number of carbonyl (C=O) groups is 3. The zero-order chi connectivity index (χ0) is 27.9. The number of nitrogens with one attached hydrogen (secondary N) is 1. The molecule has 0 radical (unpaired) electrons. The Morgan fingerprint density at radius 1 is 0.795 bits per heavy atom. The molecule has 0 atom stereocenters. The van der Waals surface area contributed by atoms with Crippen molar-refractivity contribution < 1.29 is 19.1 Å². The Balaban J connectivity index is 0.000000168. The van der Waals surface area contributed by atoms with Crippen LogP contribution in [-0.2, 0) is 17.8 Å². The van der Waals surface area contributed by atoms with Crippen molar-refractivity contribution in [3.05, 3.63) is 95.3 Å². The molecule has 39 heavy (non-hydrogen) atoms. The SMILES string of the molecule is CN1Cc2cccc(-c3ccc[nH]3)c2C1=O.CN1Cc2cccc(-c3cccn3C(=O)OC(C)(C)C)c2C1=O. The smallest absolute Gasteiger partial charge is 0.418 e. The summed E-state index contributed by atoms with van der Waals surface area (Å²) in [4.78, 5) is 43.4. The van der Waals surface area contributed by atoms with E-state index in [0.717, 1.165) is 33.5 Å². The first-order valence-corrected chi connectivity index (χ1v) is 12.8. The molecule has 2 aliphatic rings. The van der Waals surface area contributed by atoms with Gasteiger partial charge in [0.2, 0.25) is 0 Å². The summed E-state index contributed by atoms with van der Waals surface area (Å²) in [6.45, 7) is 6.78. The van der Waals surface area contributed by atoms with Crippen LogP contribution in [0.1, 0.15) is 52.6 Å². The minimum atomic E-state index is -0.576. The minimum Gasteiger partial charge on any atom is -0.443 e. The summed E-state index contributed by atoms with van der Waals surface area (Å²) < 4.78 is 6.89. The van der Waals surface area contributed by atoms with E-state index in [1.807, 2.05) is 88.6 Å².